The fourth-order valence-corrected chi connectivity index (χ4v) is 4.30. The number of hydrogen-bond donors (Lipinski definition) is 1. The molecule has 2 aromatic rings. The quantitative estimate of drug-likeness (QED) is 0.921. The molecule has 96 valence electrons. The normalized spacial score (nSPS) is 20.2. The Kier molecular flexibility index (Phi) is 3.77. The third kappa shape index (κ3) is 2.51. The Labute approximate surface area is 116 Å². The van der Waals surface area contributed by atoms with E-state index in [0.717, 1.165) is 13.0 Å². The zero-order valence-electron chi connectivity index (χ0n) is 10.6. The molecule has 3 rings (SSSR count). The number of thiophene rings is 1. The van der Waals surface area contributed by atoms with E-state index in [4.69, 9.17) is 4.98 Å². The van der Waals surface area contributed by atoms with Crippen molar-refractivity contribution in [3.05, 3.63) is 27.4 Å². The molecule has 3 heterocycles. The Bertz CT molecular complexity index is 509. The maximum Gasteiger partial charge on any atom is 0.0976 e. The number of rotatable bonds is 3. The van der Waals surface area contributed by atoms with Gasteiger partial charge >= 0.3 is 0 Å². The van der Waals surface area contributed by atoms with Crippen LogP contribution < -0.4 is 5.32 Å². The first-order chi connectivity index (χ1) is 8.86. The molecule has 1 unspecified atom stereocenters. The van der Waals surface area contributed by atoms with Crippen molar-refractivity contribution in [2.75, 3.05) is 13.1 Å². The summed E-state index contributed by atoms with van der Waals surface area (Å²) in [6.45, 7) is 4.47. The summed E-state index contributed by atoms with van der Waals surface area (Å²) >= 11 is 3.70. The fourth-order valence-electron chi connectivity index (χ4n) is 2.36. The monoisotopic (exact) mass is 278 g/mol. The molecule has 0 aromatic carbocycles. The molecule has 0 spiro atoms. The van der Waals surface area contributed by atoms with Crippen LogP contribution in [0.2, 0.25) is 0 Å². The number of aryl methyl sites for hydroxylation is 1. The lowest BCUT2D eigenvalue weighted by Gasteiger charge is -2.20. The van der Waals surface area contributed by atoms with Crippen molar-refractivity contribution in [1.82, 2.24) is 10.3 Å². The maximum absolute atomic E-state index is 4.84. The molecule has 0 aliphatic carbocycles. The minimum absolute atomic E-state index is 0.628. The average Bonchev–Trinajstić information content (AvgIpc) is 3.08. The largest absolute Gasteiger partial charge is 0.316 e. The van der Waals surface area contributed by atoms with E-state index in [1.165, 1.54) is 39.8 Å². The predicted octanol–water partition coefficient (Wildman–Crippen LogP) is 3.90. The molecule has 2 aromatic heterocycles. The summed E-state index contributed by atoms with van der Waals surface area (Å²) in [5.41, 5.74) is 1.17. The van der Waals surface area contributed by atoms with E-state index in [-0.39, 0.29) is 0 Å². The molecular formula is C14H18N2S2. The third-order valence-electron chi connectivity index (χ3n) is 3.43. The van der Waals surface area contributed by atoms with Crippen LogP contribution in [-0.2, 0) is 6.42 Å². The van der Waals surface area contributed by atoms with Gasteiger partial charge in [-0.2, -0.15) is 0 Å². The first kappa shape index (κ1) is 12.3. The van der Waals surface area contributed by atoms with E-state index in [1.807, 2.05) is 22.7 Å². The lowest BCUT2D eigenvalue weighted by molar-refractivity contribution is 0.460. The van der Waals surface area contributed by atoms with Crippen molar-refractivity contribution in [2.45, 2.75) is 32.1 Å². The highest BCUT2D eigenvalue weighted by Crippen LogP contribution is 2.33. The van der Waals surface area contributed by atoms with Crippen molar-refractivity contribution in [1.29, 1.82) is 0 Å². The van der Waals surface area contributed by atoms with Crippen LogP contribution in [0.4, 0.5) is 0 Å². The molecule has 1 saturated heterocycles. The van der Waals surface area contributed by atoms with Gasteiger partial charge in [0.05, 0.1) is 15.6 Å². The molecule has 0 radical (unpaired) electrons. The smallest absolute Gasteiger partial charge is 0.0976 e. The van der Waals surface area contributed by atoms with Crippen LogP contribution in [0, 0.1) is 0 Å². The van der Waals surface area contributed by atoms with Gasteiger partial charge in [0, 0.05) is 22.7 Å². The summed E-state index contributed by atoms with van der Waals surface area (Å²) in [7, 11) is 0. The molecule has 18 heavy (non-hydrogen) atoms. The van der Waals surface area contributed by atoms with Gasteiger partial charge in [-0.05, 0) is 37.9 Å². The molecule has 4 heteroatoms. The summed E-state index contributed by atoms with van der Waals surface area (Å²) in [6.07, 6.45) is 3.68. The highest BCUT2D eigenvalue weighted by molar-refractivity contribution is 7.16. The highest BCUT2D eigenvalue weighted by atomic mass is 32.1. The number of piperidine rings is 1. The van der Waals surface area contributed by atoms with E-state index in [0.29, 0.717) is 5.92 Å². The second-order valence-corrected chi connectivity index (χ2v) is 6.79. The van der Waals surface area contributed by atoms with Gasteiger partial charge in [0.25, 0.3) is 0 Å². The first-order valence-electron chi connectivity index (χ1n) is 6.62. The van der Waals surface area contributed by atoms with Crippen LogP contribution in [0.15, 0.2) is 17.5 Å². The Morgan fingerprint density at radius 1 is 1.44 bits per heavy atom. The van der Waals surface area contributed by atoms with Gasteiger partial charge in [0.15, 0.2) is 0 Å². The first-order valence-corrected chi connectivity index (χ1v) is 8.31. The number of aromatic nitrogens is 1. The molecular weight excluding hydrogens is 260 g/mol. The molecule has 1 fully saturated rings. The van der Waals surface area contributed by atoms with Gasteiger partial charge in [-0.3, -0.25) is 0 Å². The Balaban J connectivity index is 1.79. The SMILES string of the molecule is CCc1ccc(-c2csc(C3CCCNC3)n2)s1. The van der Waals surface area contributed by atoms with Crippen molar-refractivity contribution >= 4 is 22.7 Å². The molecule has 1 aliphatic heterocycles. The minimum atomic E-state index is 0.628. The lowest BCUT2D eigenvalue weighted by atomic mass is 10.0. The number of hydrogen-bond acceptors (Lipinski definition) is 4. The molecule has 0 bridgehead atoms. The number of nitrogens with one attached hydrogen (secondary N) is 1. The lowest BCUT2D eigenvalue weighted by Crippen LogP contribution is -2.28. The van der Waals surface area contributed by atoms with Crippen molar-refractivity contribution in [2.24, 2.45) is 0 Å². The minimum Gasteiger partial charge on any atom is -0.316 e. The van der Waals surface area contributed by atoms with Gasteiger partial charge in [0.2, 0.25) is 0 Å². The molecule has 1 aliphatic rings. The van der Waals surface area contributed by atoms with Gasteiger partial charge in [-0.1, -0.05) is 6.92 Å². The number of thiazole rings is 1. The predicted molar refractivity (Wildman–Crippen MR) is 79.6 cm³/mol. The fraction of sp³-hybridized carbons (Fsp3) is 0.500. The molecule has 0 amide bonds. The van der Waals surface area contributed by atoms with Crippen LogP contribution in [0.25, 0.3) is 10.6 Å². The van der Waals surface area contributed by atoms with Crippen molar-refractivity contribution in [3.63, 3.8) is 0 Å². The average molecular weight is 278 g/mol. The van der Waals surface area contributed by atoms with Crippen molar-refractivity contribution in [3.8, 4) is 10.6 Å². The van der Waals surface area contributed by atoms with Crippen LogP contribution >= 0.6 is 22.7 Å². The van der Waals surface area contributed by atoms with E-state index in [2.05, 4.69) is 29.8 Å². The molecule has 1 atom stereocenters. The summed E-state index contributed by atoms with van der Waals surface area (Å²) in [4.78, 5) is 7.60. The Morgan fingerprint density at radius 2 is 2.39 bits per heavy atom. The van der Waals surface area contributed by atoms with E-state index >= 15 is 0 Å². The summed E-state index contributed by atoms with van der Waals surface area (Å²) in [6, 6.07) is 4.43. The summed E-state index contributed by atoms with van der Waals surface area (Å²) < 4.78 is 0. The van der Waals surface area contributed by atoms with Crippen LogP contribution in [0.1, 0.15) is 35.6 Å². The van der Waals surface area contributed by atoms with Crippen LogP contribution in [-0.4, -0.2) is 18.1 Å². The zero-order valence-corrected chi connectivity index (χ0v) is 12.2. The Hall–Kier alpha value is -0.710. The molecule has 2 nitrogen and oxygen atoms in total. The highest BCUT2D eigenvalue weighted by Gasteiger charge is 2.19. The van der Waals surface area contributed by atoms with E-state index in [9.17, 15) is 0 Å². The van der Waals surface area contributed by atoms with E-state index in [1.54, 1.807) is 0 Å². The topological polar surface area (TPSA) is 24.9 Å². The van der Waals surface area contributed by atoms with Gasteiger partial charge in [0.1, 0.15) is 0 Å². The second kappa shape index (κ2) is 5.51. The summed E-state index contributed by atoms with van der Waals surface area (Å²) in [5.74, 6) is 0.628. The van der Waals surface area contributed by atoms with Crippen LogP contribution in [0.5, 0.6) is 0 Å². The number of nitrogens with zero attached hydrogens (tertiary/aromatic N) is 1. The maximum atomic E-state index is 4.84. The third-order valence-corrected chi connectivity index (χ3v) is 5.69. The molecule has 1 N–H and O–H groups in total. The van der Waals surface area contributed by atoms with Gasteiger partial charge in [-0.15, -0.1) is 22.7 Å². The molecule has 0 saturated carbocycles. The summed E-state index contributed by atoms with van der Waals surface area (Å²) in [5, 5.41) is 6.99. The Morgan fingerprint density at radius 3 is 3.11 bits per heavy atom. The van der Waals surface area contributed by atoms with Gasteiger partial charge in [-0.25, -0.2) is 4.98 Å². The zero-order chi connectivity index (χ0) is 12.4. The van der Waals surface area contributed by atoms with Crippen LogP contribution in [0.3, 0.4) is 0 Å². The second-order valence-electron chi connectivity index (χ2n) is 4.73. The van der Waals surface area contributed by atoms with Gasteiger partial charge < -0.3 is 5.32 Å². The standard InChI is InChI=1S/C14H18N2S2/c1-2-11-5-6-13(18-11)12-9-17-14(16-12)10-4-3-7-15-8-10/h5-6,9-10,15H,2-4,7-8H2,1H3. The van der Waals surface area contributed by atoms with E-state index < -0.39 is 0 Å². The van der Waals surface area contributed by atoms with Crippen molar-refractivity contribution < 1.29 is 0 Å².